The topological polar surface area (TPSA) is 163 Å². The summed E-state index contributed by atoms with van der Waals surface area (Å²) in [5, 5.41) is 43.2. The average molecular weight is 451 g/mol. The number of phenolic OH excluding ortho intramolecular Hbond substituents is 1. The Balaban J connectivity index is 1.89. The second-order valence-electron chi connectivity index (χ2n) is 7.86. The van der Waals surface area contributed by atoms with Gasteiger partial charge in [-0.15, -0.1) is 0 Å². The Kier molecular flexibility index (Phi) is 4.34. The number of ether oxygens (including phenoxy) is 2. The van der Waals surface area contributed by atoms with Crippen molar-refractivity contribution in [1.82, 2.24) is 4.98 Å². The maximum Gasteiger partial charge on any atom is 0.358 e. The number of carbonyl (C=O) groups is 3. The predicted molar refractivity (Wildman–Crippen MR) is 113 cm³/mol. The van der Waals surface area contributed by atoms with Crippen molar-refractivity contribution >= 4 is 45.2 Å². The number of aliphatic hydroxyl groups is 2. The van der Waals surface area contributed by atoms with E-state index in [0.717, 1.165) is 7.11 Å². The minimum atomic E-state index is -2.29. The number of para-hydroxylation sites is 1. The van der Waals surface area contributed by atoms with Crippen molar-refractivity contribution in [3.05, 3.63) is 47.2 Å². The molecule has 0 saturated heterocycles. The van der Waals surface area contributed by atoms with E-state index in [1.54, 1.807) is 6.07 Å². The molecule has 2 aliphatic rings. The number of aliphatic hydroxyl groups excluding tert-OH is 2. The van der Waals surface area contributed by atoms with Gasteiger partial charge in [-0.05, 0) is 18.6 Å². The normalized spacial score (nSPS) is 22.0. The van der Waals surface area contributed by atoms with Gasteiger partial charge in [-0.3, -0.25) is 9.78 Å². The molecule has 5 rings (SSSR count). The number of hydrogen-bond donors (Lipinski definition) is 4. The van der Waals surface area contributed by atoms with Crippen LogP contribution < -0.4 is 4.74 Å². The van der Waals surface area contributed by atoms with Gasteiger partial charge in [0.2, 0.25) is 0 Å². The van der Waals surface area contributed by atoms with Crippen LogP contribution in [0.15, 0.2) is 36.0 Å². The summed E-state index contributed by atoms with van der Waals surface area (Å²) in [4.78, 5) is 41.3. The first-order chi connectivity index (χ1) is 15.7. The van der Waals surface area contributed by atoms with Crippen LogP contribution in [0.3, 0.4) is 0 Å². The molecule has 0 radical (unpaired) electrons. The molecule has 10 nitrogen and oxygen atoms in total. The van der Waals surface area contributed by atoms with Crippen LogP contribution >= 0.6 is 0 Å². The average Bonchev–Trinajstić information content (AvgIpc) is 2.79. The summed E-state index contributed by atoms with van der Waals surface area (Å²) in [6.07, 6.45) is -0.416. The van der Waals surface area contributed by atoms with Gasteiger partial charge in [0.15, 0.2) is 5.78 Å². The lowest BCUT2D eigenvalue weighted by atomic mass is 9.73. The molecule has 4 N–H and O–H groups in total. The second-order valence-corrected chi connectivity index (χ2v) is 7.86. The van der Waals surface area contributed by atoms with Gasteiger partial charge in [-0.2, -0.15) is 0 Å². The summed E-state index contributed by atoms with van der Waals surface area (Å²) >= 11 is 0. The number of carbonyl (C=O) groups excluding carboxylic acids is 2. The summed E-state index contributed by atoms with van der Waals surface area (Å²) in [7, 11) is 1.06. The number of carboxylic acid groups (broad SMARTS) is 1. The van der Waals surface area contributed by atoms with Crippen molar-refractivity contribution in [3.8, 4) is 11.5 Å². The highest BCUT2D eigenvalue weighted by molar-refractivity contribution is 6.17. The van der Waals surface area contributed by atoms with Gasteiger partial charge in [-0.1, -0.05) is 12.1 Å². The number of aromatic nitrogens is 1. The minimum absolute atomic E-state index is 0.0827. The van der Waals surface area contributed by atoms with Gasteiger partial charge >= 0.3 is 11.9 Å². The number of carboxylic acids is 1. The third-order valence-electron chi connectivity index (χ3n) is 6.16. The number of rotatable bonds is 2. The molecule has 10 heteroatoms. The molecule has 1 aromatic heterocycles. The number of ketones is 1. The number of methoxy groups -OCH3 is 1. The number of fused-ring (bicyclic) bond motifs is 5. The van der Waals surface area contributed by atoms with Crippen molar-refractivity contribution in [2.45, 2.75) is 24.5 Å². The molecule has 1 saturated carbocycles. The van der Waals surface area contributed by atoms with Crippen LogP contribution in [-0.2, 0) is 14.3 Å². The fourth-order valence-corrected chi connectivity index (χ4v) is 4.68. The Morgan fingerprint density at radius 3 is 2.73 bits per heavy atom. The SMILES string of the molecule is COC(=O)[C@]12Oc3cc4cnc5c(C(=O)O)cccc5c4c(O)c3C(O)=C1C(=O)CC[C@@H]2O. The van der Waals surface area contributed by atoms with E-state index in [2.05, 4.69) is 4.98 Å². The number of nitrogens with zero attached hydrogens (tertiary/aromatic N) is 1. The summed E-state index contributed by atoms with van der Waals surface area (Å²) < 4.78 is 10.6. The highest BCUT2D eigenvalue weighted by Crippen LogP contribution is 2.51. The first-order valence-corrected chi connectivity index (χ1v) is 9.95. The third-order valence-corrected chi connectivity index (χ3v) is 6.16. The highest BCUT2D eigenvalue weighted by atomic mass is 16.6. The van der Waals surface area contributed by atoms with E-state index in [0.29, 0.717) is 10.8 Å². The van der Waals surface area contributed by atoms with Gasteiger partial charge in [0.1, 0.15) is 28.9 Å². The largest absolute Gasteiger partial charge is 0.506 e. The molecular weight excluding hydrogens is 434 g/mol. The van der Waals surface area contributed by atoms with Gasteiger partial charge in [-0.25, -0.2) is 9.59 Å². The summed E-state index contributed by atoms with van der Waals surface area (Å²) in [6.45, 7) is 0. The Morgan fingerprint density at radius 2 is 2.03 bits per heavy atom. The van der Waals surface area contributed by atoms with Crippen molar-refractivity contribution < 1.29 is 44.3 Å². The van der Waals surface area contributed by atoms with Gasteiger partial charge in [0.05, 0.1) is 23.8 Å². The third kappa shape index (κ3) is 2.58. The second kappa shape index (κ2) is 6.91. The van der Waals surface area contributed by atoms with Crippen LogP contribution in [0.5, 0.6) is 11.5 Å². The van der Waals surface area contributed by atoms with Crippen LogP contribution in [0, 0.1) is 0 Å². The first kappa shape index (κ1) is 20.7. The number of aromatic carboxylic acids is 1. The molecule has 33 heavy (non-hydrogen) atoms. The fraction of sp³-hybridized carbons (Fsp3) is 0.217. The van der Waals surface area contributed by atoms with Crippen molar-refractivity contribution in [1.29, 1.82) is 0 Å². The van der Waals surface area contributed by atoms with E-state index >= 15 is 0 Å². The minimum Gasteiger partial charge on any atom is -0.506 e. The van der Waals surface area contributed by atoms with Crippen LogP contribution in [0.2, 0.25) is 0 Å². The molecule has 3 aromatic rings. The molecule has 2 atom stereocenters. The van der Waals surface area contributed by atoms with E-state index < -0.39 is 46.5 Å². The Hall–Kier alpha value is -4.18. The smallest absolute Gasteiger partial charge is 0.358 e. The molecule has 0 unspecified atom stereocenters. The summed E-state index contributed by atoms with van der Waals surface area (Å²) in [6, 6.07) is 5.80. The molecule has 1 fully saturated rings. The number of hydrogen-bond acceptors (Lipinski definition) is 9. The monoisotopic (exact) mass is 451 g/mol. The maximum atomic E-state index is 12.8. The van der Waals surface area contributed by atoms with Gasteiger partial charge < -0.3 is 29.9 Å². The molecule has 1 aliphatic heterocycles. The summed E-state index contributed by atoms with van der Waals surface area (Å²) in [5.41, 5.74) is -3.01. The quantitative estimate of drug-likeness (QED) is 0.335. The number of aromatic hydroxyl groups is 1. The van der Waals surface area contributed by atoms with E-state index in [-0.39, 0.29) is 40.6 Å². The van der Waals surface area contributed by atoms with E-state index in [9.17, 15) is 34.8 Å². The van der Waals surface area contributed by atoms with Gasteiger partial charge in [0.25, 0.3) is 5.60 Å². The van der Waals surface area contributed by atoms with Crippen molar-refractivity contribution in [3.63, 3.8) is 0 Å². The van der Waals surface area contributed by atoms with E-state index in [4.69, 9.17) is 9.47 Å². The summed E-state index contributed by atoms with van der Waals surface area (Å²) in [5.74, 6) is -4.30. The predicted octanol–water partition coefficient (Wildman–Crippen LogP) is 2.09. The lowest BCUT2D eigenvalue weighted by Gasteiger charge is -2.43. The number of phenols is 1. The number of pyridine rings is 1. The Labute approximate surface area is 185 Å². The van der Waals surface area contributed by atoms with Gasteiger partial charge in [0, 0.05) is 28.8 Å². The Morgan fingerprint density at radius 1 is 1.27 bits per heavy atom. The molecular formula is C23H17NO9. The first-order valence-electron chi connectivity index (χ1n) is 9.95. The number of benzene rings is 2. The molecule has 2 heterocycles. The van der Waals surface area contributed by atoms with Crippen LogP contribution in [-0.4, -0.2) is 61.9 Å². The molecule has 2 aromatic carbocycles. The van der Waals surface area contributed by atoms with Crippen LogP contribution in [0.25, 0.3) is 27.4 Å². The van der Waals surface area contributed by atoms with Crippen molar-refractivity contribution in [2.24, 2.45) is 0 Å². The molecule has 0 spiro atoms. The van der Waals surface area contributed by atoms with E-state index in [1.807, 2.05) is 0 Å². The molecule has 1 aliphatic carbocycles. The highest BCUT2D eigenvalue weighted by Gasteiger charge is 2.61. The zero-order valence-electron chi connectivity index (χ0n) is 17.2. The lowest BCUT2D eigenvalue weighted by Crippen LogP contribution is -2.61. The number of Topliss-reactive ketones (excluding diaryl/α,β-unsaturated/α-hetero) is 1. The molecule has 168 valence electrons. The molecule has 0 bridgehead atoms. The standard InChI is InChI=1S/C23H17NO9/c1-32-22(31)23-14(26)6-5-12(25)17(23)20(28)16-13(33-23)7-9-8-24-18-10(15(9)19(16)27)3-2-4-11(18)21(29)30/h2-4,7-8,14,26-28H,5-6H2,1H3,(H,29,30)/t14-,23+/m0/s1. The molecule has 0 amide bonds. The zero-order valence-corrected chi connectivity index (χ0v) is 17.2. The van der Waals surface area contributed by atoms with E-state index in [1.165, 1.54) is 24.4 Å². The van der Waals surface area contributed by atoms with Crippen molar-refractivity contribution in [2.75, 3.05) is 7.11 Å². The lowest BCUT2D eigenvalue weighted by molar-refractivity contribution is -0.169. The Bertz CT molecular complexity index is 1440. The van der Waals surface area contributed by atoms with Crippen LogP contribution in [0.4, 0.5) is 0 Å². The number of esters is 1. The maximum absolute atomic E-state index is 12.8. The fourth-order valence-electron chi connectivity index (χ4n) is 4.68. The zero-order chi connectivity index (χ0) is 23.7. The van der Waals surface area contributed by atoms with Crippen LogP contribution in [0.1, 0.15) is 28.8 Å².